The molecule has 4 nitrogen and oxygen atoms in total. The maximum absolute atomic E-state index is 13.0. The van der Waals surface area contributed by atoms with Gasteiger partial charge in [0.05, 0.1) is 4.90 Å². The number of benzene rings is 1. The third-order valence-corrected chi connectivity index (χ3v) is 4.91. The second-order valence-corrected chi connectivity index (χ2v) is 6.38. The van der Waals surface area contributed by atoms with E-state index in [0.717, 1.165) is 12.5 Å². The third-order valence-electron chi connectivity index (χ3n) is 3.12. The number of rotatable bonds is 3. The zero-order valence-corrected chi connectivity index (χ0v) is 10.4. The molecule has 0 amide bonds. The minimum atomic E-state index is -3.59. The molecule has 0 unspecified atom stereocenters. The van der Waals surface area contributed by atoms with Crippen LogP contribution in [0.1, 0.15) is 13.3 Å². The van der Waals surface area contributed by atoms with Crippen molar-refractivity contribution in [3.63, 3.8) is 0 Å². The molecule has 1 aliphatic heterocycles. The molecular formula is C11H15FN2O2S. The van der Waals surface area contributed by atoms with Crippen molar-refractivity contribution < 1.29 is 12.8 Å². The highest BCUT2D eigenvalue weighted by molar-refractivity contribution is 7.89. The highest BCUT2D eigenvalue weighted by atomic mass is 32.2. The van der Waals surface area contributed by atoms with Gasteiger partial charge in [0, 0.05) is 18.6 Å². The first kappa shape index (κ1) is 12.5. The average Bonchev–Trinajstić information content (AvgIpc) is 2.24. The zero-order chi connectivity index (χ0) is 12.7. The molecule has 0 atom stereocenters. The van der Waals surface area contributed by atoms with Crippen LogP contribution in [0, 0.1) is 5.82 Å². The average molecular weight is 258 g/mol. The number of hydrogen-bond donors (Lipinski definition) is 1. The Balaban J connectivity index is 2.22. The summed E-state index contributed by atoms with van der Waals surface area (Å²) in [5.41, 5.74) is 5.49. The fourth-order valence-corrected chi connectivity index (χ4v) is 3.49. The molecule has 0 aromatic heterocycles. The number of sulfonamides is 1. The fourth-order valence-electron chi connectivity index (χ4n) is 1.83. The molecule has 0 bridgehead atoms. The molecule has 1 aliphatic rings. The van der Waals surface area contributed by atoms with Gasteiger partial charge in [0.25, 0.3) is 0 Å². The summed E-state index contributed by atoms with van der Waals surface area (Å²) < 4.78 is 38.4. The Bertz CT molecular complexity index is 524. The molecule has 1 heterocycles. The molecule has 1 saturated heterocycles. The van der Waals surface area contributed by atoms with Crippen molar-refractivity contribution in [3.8, 4) is 0 Å². The highest BCUT2D eigenvalue weighted by Crippen LogP contribution is 2.28. The molecule has 2 rings (SSSR count). The molecule has 94 valence electrons. The minimum absolute atomic E-state index is 0.0179. The lowest BCUT2D eigenvalue weighted by molar-refractivity contribution is 0.153. The number of nitrogens with zero attached hydrogens (tertiary/aromatic N) is 1. The summed E-state index contributed by atoms with van der Waals surface area (Å²) in [5, 5.41) is 0. The van der Waals surface area contributed by atoms with Crippen LogP contribution in [-0.2, 0) is 10.0 Å². The summed E-state index contributed by atoms with van der Waals surface area (Å²) in [6, 6.07) is 5.02. The minimum Gasteiger partial charge on any atom is -0.323 e. The first-order valence-corrected chi connectivity index (χ1v) is 6.86. The first-order chi connectivity index (χ1) is 7.87. The molecule has 0 spiro atoms. The molecule has 0 radical (unpaired) electrons. The van der Waals surface area contributed by atoms with Crippen LogP contribution in [-0.4, -0.2) is 31.4 Å². The summed E-state index contributed by atoms with van der Waals surface area (Å²) >= 11 is 0. The van der Waals surface area contributed by atoms with Crippen molar-refractivity contribution in [2.75, 3.05) is 13.1 Å². The second kappa shape index (κ2) is 4.04. The molecular weight excluding hydrogens is 243 g/mol. The van der Waals surface area contributed by atoms with Gasteiger partial charge in [-0.15, -0.1) is 0 Å². The van der Waals surface area contributed by atoms with Gasteiger partial charge >= 0.3 is 0 Å². The topological polar surface area (TPSA) is 63.4 Å². The predicted octanol–water partition coefficient (Wildman–Crippen LogP) is 0.937. The van der Waals surface area contributed by atoms with Gasteiger partial charge in [0.1, 0.15) is 5.82 Å². The molecule has 1 aromatic rings. The van der Waals surface area contributed by atoms with E-state index in [-0.39, 0.29) is 4.90 Å². The standard InChI is InChI=1S/C11H15FN2O2S/c1-2-11(13)7-14(8-11)17(15,16)10-5-3-4-9(12)6-10/h3-6H,2,7-8,13H2,1H3. The lowest BCUT2D eigenvalue weighted by Crippen LogP contribution is -2.68. The van der Waals surface area contributed by atoms with E-state index in [9.17, 15) is 12.8 Å². The summed E-state index contributed by atoms with van der Waals surface area (Å²) in [7, 11) is -3.59. The van der Waals surface area contributed by atoms with E-state index in [4.69, 9.17) is 5.73 Å². The van der Waals surface area contributed by atoms with E-state index < -0.39 is 21.4 Å². The van der Waals surface area contributed by atoms with Gasteiger partial charge in [-0.1, -0.05) is 13.0 Å². The fraction of sp³-hybridized carbons (Fsp3) is 0.455. The molecule has 17 heavy (non-hydrogen) atoms. The van der Waals surface area contributed by atoms with Gasteiger partial charge < -0.3 is 5.73 Å². The van der Waals surface area contributed by atoms with Crippen molar-refractivity contribution in [3.05, 3.63) is 30.1 Å². The number of hydrogen-bond acceptors (Lipinski definition) is 3. The van der Waals surface area contributed by atoms with E-state index in [0.29, 0.717) is 13.1 Å². The van der Waals surface area contributed by atoms with Gasteiger partial charge in [-0.3, -0.25) is 0 Å². The Kier molecular flexibility index (Phi) is 2.97. The molecule has 6 heteroatoms. The SMILES string of the molecule is CCC1(N)CN(S(=O)(=O)c2cccc(F)c2)C1. The molecule has 2 N–H and O–H groups in total. The van der Waals surface area contributed by atoms with Crippen molar-refractivity contribution in [2.45, 2.75) is 23.8 Å². The van der Waals surface area contributed by atoms with Gasteiger partial charge in [0.15, 0.2) is 0 Å². The van der Waals surface area contributed by atoms with Gasteiger partial charge in [-0.2, -0.15) is 4.31 Å². The van der Waals surface area contributed by atoms with Gasteiger partial charge in [0.2, 0.25) is 10.0 Å². The summed E-state index contributed by atoms with van der Waals surface area (Å²) in [4.78, 5) is -0.0179. The Morgan fingerprint density at radius 1 is 1.47 bits per heavy atom. The normalized spacial score (nSPS) is 19.9. The Morgan fingerprint density at radius 2 is 2.12 bits per heavy atom. The molecule has 0 saturated carbocycles. The van der Waals surface area contributed by atoms with Crippen molar-refractivity contribution in [1.29, 1.82) is 0 Å². The molecule has 1 aromatic carbocycles. The van der Waals surface area contributed by atoms with Crippen LogP contribution in [0.25, 0.3) is 0 Å². The van der Waals surface area contributed by atoms with E-state index in [1.54, 1.807) is 0 Å². The summed E-state index contributed by atoms with van der Waals surface area (Å²) in [6.45, 7) is 2.51. The lowest BCUT2D eigenvalue weighted by Gasteiger charge is -2.46. The van der Waals surface area contributed by atoms with E-state index >= 15 is 0 Å². The first-order valence-electron chi connectivity index (χ1n) is 5.42. The zero-order valence-electron chi connectivity index (χ0n) is 9.56. The van der Waals surface area contributed by atoms with Crippen LogP contribution in [0.4, 0.5) is 4.39 Å². The smallest absolute Gasteiger partial charge is 0.243 e. The summed E-state index contributed by atoms with van der Waals surface area (Å²) in [5.74, 6) is -0.555. The third kappa shape index (κ3) is 2.20. The van der Waals surface area contributed by atoms with E-state index in [1.165, 1.54) is 22.5 Å². The van der Waals surface area contributed by atoms with Gasteiger partial charge in [-0.25, -0.2) is 12.8 Å². The predicted molar refractivity (Wildman–Crippen MR) is 62.4 cm³/mol. The second-order valence-electron chi connectivity index (χ2n) is 4.45. The Labute approximate surface area is 100 Å². The van der Waals surface area contributed by atoms with E-state index in [1.807, 2.05) is 6.92 Å². The van der Waals surface area contributed by atoms with Crippen molar-refractivity contribution in [1.82, 2.24) is 4.31 Å². The van der Waals surface area contributed by atoms with Crippen LogP contribution < -0.4 is 5.73 Å². The Morgan fingerprint density at radius 3 is 2.65 bits per heavy atom. The monoisotopic (exact) mass is 258 g/mol. The number of nitrogens with two attached hydrogens (primary N) is 1. The maximum Gasteiger partial charge on any atom is 0.243 e. The van der Waals surface area contributed by atoms with Gasteiger partial charge in [-0.05, 0) is 24.6 Å². The van der Waals surface area contributed by atoms with Crippen LogP contribution in [0.15, 0.2) is 29.2 Å². The lowest BCUT2D eigenvalue weighted by atomic mass is 9.91. The van der Waals surface area contributed by atoms with E-state index in [2.05, 4.69) is 0 Å². The van der Waals surface area contributed by atoms with Crippen LogP contribution in [0.3, 0.4) is 0 Å². The highest BCUT2D eigenvalue weighted by Gasteiger charge is 2.44. The van der Waals surface area contributed by atoms with Crippen LogP contribution in [0.2, 0.25) is 0 Å². The van der Waals surface area contributed by atoms with Crippen molar-refractivity contribution in [2.24, 2.45) is 5.73 Å². The maximum atomic E-state index is 13.0. The van der Waals surface area contributed by atoms with Crippen molar-refractivity contribution >= 4 is 10.0 Å². The number of halogens is 1. The molecule has 1 fully saturated rings. The summed E-state index contributed by atoms with van der Waals surface area (Å²) in [6.07, 6.45) is 0.724. The quantitative estimate of drug-likeness (QED) is 0.877. The van der Waals surface area contributed by atoms with Crippen LogP contribution >= 0.6 is 0 Å². The van der Waals surface area contributed by atoms with Crippen LogP contribution in [0.5, 0.6) is 0 Å². The largest absolute Gasteiger partial charge is 0.323 e. The Hall–Kier alpha value is -0.980. The molecule has 0 aliphatic carbocycles.